The average Bonchev–Trinajstić information content (AvgIpc) is 2.51. The monoisotopic (exact) mass is 316 g/mol. The van der Waals surface area contributed by atoms with Crippen molar-refractivity contribution in [2.45, 2.75) is 0 Å². The third-order valence-electron chi connectivity index (χ3n) is 3.39. The summed E-state index contributed by atoms with van der Waals surface area (Å²) in [7, 11) is 1.25. The van der Waals surface area contributed by atoms with Crippen molar-refractivity contribution in [2.75, 3.05) is 7.11 Å². The number of hydrogen-bond acceptors (Lipinski definition) is 7. The van der Waals surface area contributed by atoms with E-state index in [9.17, 15) is 25.2 Å². The number of benzene rings is 2. The van der Waals surface area contributed by atoms with E-state index in [-0.39, 0.29) is 34.0 Å². The third kappa shape index (κ3) is 2.28. The Hall–Kier alpha value is -3.35. The van der Waals surface area contributed by atoms with Crippen LogP contribution >= 0.6 is 0 Å². The maximum Gasteiger partial charge on any atom is 0.201 e. The topological polar surface area (TPSA) is 120 Å². The lowest BCUT2D eigenvalue weighted by atomic mass is 10.1. The van der Waals surface area contributed by atoms with Gasteiger partial charge in [0.1, 0.15) is 16.7 Å². The van der Waals surface area contributed by atoms with Gasteiger partial charge in [0.2, 0.25) is 5.75 Å². The molecule has 0 unspecified atom stereocenters. The zero-order valence-electron chi connectivity index (χ0n) is 11.9. The molecular formula is C16H12O7. The molecule has 0 atom stereocenters. The summed E-state index contributed by atoms with van der Waals surface area (Å²) < 4.78 is 10.5. The molecule has 0 bridgehead atoms. The standard InChI is InChI=1S/C16H12O7/c1-22-16-14-10(19)5-12(7-2-3-8(17)9(18)4-7)23-13(14)6-11(20)15(16)21/h2-6,17-18,20-21H,1H3. The SMILES string of the molecule is COc1c(O)c(O)cc2oc(-c3ccc(O)c(O)c3)cc(=O)c12. The van der Waals surface area contributed by atoms with E-state index >= 15 is 0 Å². The van der Waals surface area contributed by atoms with Crippen molar-refractivity contribution in [2.24, 2.45) is 0 Å². The van der Waals surface area contributed by atoms with Gasteiger partial charge in [0.15, 0.2) is 28.4 Å². The Bertz CT molecular complexity index is 972. The van der Waals surface area contributed by atoms with E-state index in [0.717, 1.165) is 12.1 Å². The normalized spacial score (nSPS) is 10.8. The molecule has 0 saturated heterocycles. The molecule has 0 aliphatic carbocycles. The quantitative estimate of drug-likeness (QED) is 0.535. The molecule has 0 aliphatic rings. The van der Waals surface area contributed by atoms with Crippen molar-refractivity contribution in [3.63, 3.8) is 0 Å². The molecule has 0 amide bonds. The predicted octanol–water partition coefficient (Wildman–Crippen LogP) is 2.29. The summed E-state index contributed by atoms with van der Waals surface area (Å²) >= 11 is 0. The van der Waals surface area contributed by atoms with Crippen molar-refractivity contribution in [3.8, 4) is 40.1 Å². The summed E-state index contributed by atoms with van der Waals surface area (Å²) in [6.45, 7) is 0. The van der Waals surface area contributed by atoms with Crippen molar-refractivity contribution >= 4 is 11.0 Å². The maximum absolute atomic E-state index is 12.3. The van der Waals surface area contributed by atoms with Gasteiger partial charge in [-0.1, -0.05) is 0 Å². The fraction of sp³-hybridized carbons (Fsp3) is 0.0625. The smallest absolute Gasteiger partial charge is 0.201 e. The Morgan fingerprint density at radius 1 is 0.957 bits per heavy atom. The highest BCUT2D eigenvalue weighted by Gasteiger charge is 2.18. The van der Waals surface area contributed by atoms with E-state index in [1.165, 1.54) is 25.3 Å². The van der Waals surface area contributed by atoms with Crippen LogP contribution in [0.25, 0.3) is 22.3 Å². The summed E-state index contributed by atoms with van der Waals surface area (Å²) in [5.41, 5.74) is -0.140. The molecule has 2 aromatic carbocycles. The Morgan fingerprint density at radius 2 is 1.70 bits per heavy atom. The summed E-state index contributed by atoms with van der Waals surface area (Å²) in [6.07, 6.45) is 0. The van der Waals surface area contributed by atoms with E-state index in [1.807, 2.05) is 0 Å². The van der Waals surface area contributed by atoms with Gasteiger partial charge in [-0.2, -0.15) is 0 Å². The second-order valence-electron chi connectivity index (χ2n) is 4.83. The van der Waals surface area contributed by atoms with Crippen LogP contribution in [0.4, 0.5) is 0 Å². The summed E-state index contributed by atoms with van der Waals surface area (Å²) in [5, 5.41) is 38.3. The van der Waals surface area contributed by atoms with Crippen LogP contribution in [0.1, 0.15) is 0 Å². The first-order valence-corrected chi connectivity index (χ1v) is 6.51. The average molecular weight is 316 g/mol. The lowest BCUT2D eigenvalue weighted by molar-refractivity contribution is 0.353. The van der Waals surface area contributed by atoms with E-state index in [0.29, 0.717) is 5.56 Å². The van der Waals surface area contributed by atoms with Gasteiger partial charge in [-0.15, -0.1) is 0 Å². The summed E-state index contributed by atoms with van der Waals surface area (Å²) in [6, 6.07) is 6.20. The second kappa shape index (κ2) is 5.13. The molecular weight excluding hydrogens is 304 g/mol. The second-order valence-corrected chi connectivity index (χ2v) is 4.83. The van der Waals surface area contributed by atoms with Gasteiger partial charge in [0.25, 0.3) is 0 Å². The highest BCUT2D eigenvalue weighted by atomic mass is 16.5. The third-order valence-corrected chi connectivity index (χ3v) is 3.39. The van der Waals surface area contributed by atoms with E-state index < -0.39 is 16.9 Å². The van der Waals surface area contributed by atoms with Crippen molar-refractivity contribution in [3.05, 3.63) is 40.6 Å². The van der Waals surface area contributed by atoms with Crippen molar-refractivity contribution in [1.29, 1.82) is 0 Å². The highest BCUT2D eigenvalue weighted by molar-refractivity contribution is 5.89. The lowest BCUT2D eigenvalue weighted by Crippen LogP contribution is -2.03. The first-order chi connectivity index (χ1) is 10.9. The molecule has 0 fully saturated rings. The molecule has 4 N–H and O–H groups in total. The minimum Gasteiger partial charge on any atom is -0.504 e. The molecule has 3 rings (SSSR count). The molecule has 0 saturated carbocycles. The molecule has 3 aromatic rings. The number of ether oxygens (including phenoxy) is 1. The van der Waals surface area contributed by atoms with Gasteiger partial charge in [0.05, 0.1) is 7.11 Å². The summed E-state index contributed by atoms with van der Waals surface area (Å²) in [5.74, 6) is -1.79. The number of methoxy groups -OCH3 is 1. The molecule has 1 heterocycles. The fourth-order valence-corrected chi connectivity index (χ4v) is 2.28. The van der Waals surface area contributed by atoms with Crippen LogP contribution in [-0.4, -0.2) is 27.5 Å². The Kier molecular flexibility index (Phi) is 3.25. The molecule has 118 valence electrons. The molecule has 7 heteroatoms. The number of fused-ring (bicyclic) bond motifs is 1. The zero-order valence-corrected chi connectivity index (χ0v) is 11.9. The number of hydrogen-bond donors (Lipinski definition) is 4. The number of aromatic hydroxyl groups is 4. The Balaban J connectivity index is 2.32. The van der Waals surface area contributed by atoms with Crippen LogP contribution in [0.15, 0.2) is 39.5 Å². The molecule has 0 spiro atoms. The first-order valence-electron chi connectivity index (χ1n) is 6.51. The number of rotatable bonds is 2. The van der Waals surface area contributed by atoms with Crippen LogP contribution in [-0.2, 0) is 0 Å². The zero-order chi connectivity index (χ0) is 16.7. The minimum atomic E-state index is -0.553. The van der Waals surface area contributed by atoms with Gasteiger partial charge in [-0.25, -0.2) is 0 Å². The van der Waals surface area contributed by atoms with Gasteiger partial charge in [-0.3, -0.25) is 4.79 Å². The van der Waals surface area contributed by atoms with Gasteiger partial charge in [-0.05, 0) is 18.2 Å². The molecule has 0 radical (unpaired) electrons. The first kappa shape index (κ1) is 14.6. The van der Waals surface area contributed by atoms with Crippen LogP contribution < -0.4 is 10.2 Å². The largest absolute Gasteiger partial charge is 0.504 e. The number of phenols is 4. The molecule has 7 nitrogen and oxygen atoms in total. The minimum absolute atomic E-state index is 0.00668. The van der Waals surface area contributed by atoms with Gasteiger partial charge >= 0.3 is 0 Å². The number of phenolic OH excluding ortho intramolecular Hbond substituents is 4. The lowest BCUT2D eigenvalue weighted by Gasteiger charge is -2.10. The molecule has 1 aromatic heterocycles. The van der Waals surface area contributed by atoms with E-state index in [2.05, 4.69) is 0 Å². The molecule has 0 aliphatic heterocycles. The van der Waals surface area contributed by atoms with Crippen LogP contribution in [0.2, 0.25) is 0 Å². The van der Waals surface area contributed by atoms with Crippen molar-refractivity contribution in [1.82, 2.24) is 0 Å². The van der Waals surface area contributed by atoms with Crippen molar-refractivity contribution < 1.29 is 29.6 Å². The molecule has 23 heavy (non-hydrogen) atoms. The van der Waals surface area contributed by atoms with E-state index in [1.54, 1.807) is 0 Å². The van der Waals surface area contributed by atoms with Gasteiger partial charge in [0, 0.05) is 17.7 Å². The Labute approximate surface area is 129 Å². The van der Waals surface area contributed by atoms with Crippen LogP contribution in [0.3, 0.4) is 0 Å². The Morgan fingerprint density at radius 3 is 2.35 bits per heavy atom. The highest BCUT2D eigenvalue weighted by Crippen LogP contribution is 2.41. The predicted molar refractivity (Wildman–Crippen MR) is 81.1 cm³/mol. The fourth-order valence-electron chi connectivity index (χ4n) is 2.28. The van der Waals surface area contributed by atoms with Crippen LogP contribution in [0.5, 0.6) is 28.7 Å². The van der Waals surface area contributed by atoms with Crippen LogP contribution in [0, 0.1) is 0 Å². The van der Waals surface area contributed by atoms with E-state index in [4.69, 9.17) is 9.15 Å². The maximum atomic E-state index is 12.3. The summed E-state index contributed by atoms with van der Waals surface area (Å²) in [4.78, 5) is 12.3. The van der Waals surface area contributed by atoms with Gasteiger partial charge < -0.3 is 29.6 Å².